The van der Waals surface area contributed by atoms with Crippen molar-refractivity contribution in [3.8, 4) is 0 Å². The van der Waals surface area contributed by atoms with Crippen LogP contribution in [0.4, 0.5) is 10.1 Å². The molecule has 3 heteroatoms. The summed E-state index contributed by atoms with van der Waals surface area (Å²) in [4.78, 5) is 13.2. The van der Waals surface area contributed by atoms with Crippen LogP contribution in [-0.4, -0.2) is 12.5 Å². The van der Waals surface area contributed by atoms with Crippen LogP contribution in [0.2, 0.25) is 0 Å². The van der Waals surface area contributed by atoms with Crippen LogP contribution in [0.25, 0.3) is 6.08 Å². The number of nitrogens with zero attached hydrogens (tertiary/aromatic N) is 1. The van der Waals surface area contributed by atoms with Gasteiger partial charge in [-0.15, -0.1) is 0 Å². The van der Waals surface area contributed by atoms with Gasteiger partial charge in [-0.2, -0.15) is 0 Å². The summed E-state index contributed by atoms with van der Waals surface area (Å²) in [6.45, 7) is 6.03. The molecule has 1 amide bonds. The maximum Gasteiger partial charge on any atom is 0.231 e. The average Bonchev–Trinajstić information content (AvgIpc) is 2.54. The highest BCUT2D eigenvalue weighted by molar-refractivity contribution is 6.03. The molecule has 0 bridgehead atoms. The third kappa shape index (κ3) is 1.35. The van der Waals surface area contributed by atoms with Crippen LogP contribution in [0.3, 0.4) is 0 Å². The topological polar surface area (TPSA) is 20.3 Å². The molecule has 1 aromatic rings. The lowest BCUT2D eigenvalue weighted by molar-refractivity contribution is -0.117. The van der Waals surface area contributed by atoms with E-state index in [0.29, 0.717) is 24.2 Å². The van der Waals surface area contributed by atoms with E-state index in [1.165, 1.54) is 12.1 Å². The summed E-state index contributed by atoms with van der Waals surface area (Å²) in [5.74, 6) is -0.293. The van der Waals surface area contributed by atoms with Crippen molar-refractivity contribution in [3.05, 3.63) is 35.7 Å². The molecule has 0 unspecified atom stereocenters. The Bertz CT molecular complexity index is 439. The minimum absolute atomic E-state index is 0.0289. The van der Waals surface area contributed by atoms with E-state index in [4.69, 9.17) is 0 Å². The van der Waals surface area contributed by atoms with Crippen LogP contribution in [0.1, 0.15) is 18.1 Å². The highest BCUT2D eigenvalue weighted by Gasteiger charge is 2.28. The quantitative estimate of drug-likeness (QED) is 0.725. The average molecular weight is 205 g/mol. The van der Waals surface area contributed by atoms with Gasteiger partial charge >= 0.3 is 0 Å². The molecule has 0 radical (unpaired) electrons. The van der Waals surface area contributed by atoms with E-state index in [1.807, 2.05) is 6.92 Å². The normalized spacial score (nSPS) is 14.3. The molecule has 0 aliphatic carbocycles. The zero-order valence-electron chi connectivity index (χ0n) is 8.59. The Labute approximate surface area is 88.0 Å². The minimum Gasteiger partial charge on any atom is -0.311 e. The van der Waals surface area contributed by atoms with E-state index in [1.54, 1.807) is 11.0 Å². The smallest absolute Gasteiger partial charge is 0.231 e. The second-order valence-corrected chi connectivity index (χ2v) is 3.49. The van der Waals surface area contributed by atoms with Gasteiger partial charge in [0.05, 0.1) is 12.1 Å². The predicted octanol–water partition coefficient (Wildman–Crippen LogP) is 2.38. The highest BCUT2D eigenvalue weighted by Crippen LogP contribution is 2.34. The van der Waals surface area contributed by atoms with Gasteiger partial charge in [0.2, 0.25) is 5.91 Å². The van der Waals surface area contributed by atoms with Crippen molar-refractivity contribution >= 4 is 17.7 Å². The van der Waals surface area contributed by atoms with Crippen molar-refractivity contribution in [3.63, 3.8) is 0 Å². The zero-order chi connectivity index (χ0) is 11.0. The van der Waals surface area contributed by atoms with Crippen LogP contribution < -0.4 is 4.90 Å². The second-order valence-electron chi connectivity index (χ2n) is 3.49. The number of hydrogen-bond donors (Lipinski definition) is 0. The Morgan fingerprint density at radius 3 is 2.93 bits per heavy atom. The van der Waals surface area contributed by atoms with Crippen LogP contribution >= 0.6 is 0 Å². The number of carbonyl (C=O) groups excluding carboxylic acids is 1. The fourth-order valence-electron chi connectivity index (χ4n) is 2.00. The molecule has 0 fully saturated rings. The van der Waals surface area contributed by atoms with Gasteiger partial charge < -0.3 is 4.90 Å². The molecule has 1 aliphatic heterocycles. The molecule has 0 saturated heterocycles. The van der Waals surface area contributed by atoms with Gasteiger partial charge in [-0.1, -0.05) is 18.7 Å². The zero-order valence-corrected chi connectivity index (χ0v) is 8.59. The van der Waals surface area contributed by atoms with Crippen molar-refractivity contribution < 1.29 is 9.18 Å². The van der Waals surface area contributed by atoms with Gasteiger partial charge in [-0.3, -0.25) is 4.79 Å². The fourth-order valence-corrected chi connectivity index (χ4v) is 2.00. The van der Waals surface area contributed by atoms with Crippen molar-refractivity contribution in [1.82, 2.24) is 0 Å². The fraction of sp³-hybridized carbons (Fsp3) is 0.250. The number of carbonyl (C=O) groups is 1. The third-order valence-electron chi connectivity index (χ3n) is 2.68. The number of likely N-dealkylation sites (N-methyl/N-ethyl adjacent to an activating group) is 1. The monoisotopic (exact) mass is 205 g/mol. The molecule has 78 valence electrons. The van der Waals surface area contributed by atoms with Gasteiger partial charge in [-0.25, -0.2) is 4.39 Å². The molecule has 0 atom stereocenters. The molecule has 0 N–H and O–H groups in total. The molecule has 2 rings (SSSR count). The highest BCUT2D eigenvalue weighted by atomic mass is 19.1. The summed E-state index contributed by atoms with van der Waals surface area (Å²) in [6.07, 6.45) is 1.83. The molecule has 1 heterocycles. The SMILES string of the molecule is C=Cc1c(F)ccc2c1N(CC)C(=O)C2. The number of amides is 1. The van der Waals surface area contributed by atoms with Crippen molar-refractivity contribution in [1.29, 1.82) is 0 Å². The van der Waals surface area contributed by atoms with E-state index in [-0.39, 0.29) is 11.7 Å². The Kier molecular flexibility index (Phi) is 2.31. The van der Waals surface area contributed by atoms with Crippen molar-refractivity contribution in [2.24, 2.45) is 0 Å². The van der Waals surface area contributed by atoms with E-state index in [0.717, 1.165) is 5.56 Å². The Balaban J connectivity index is 2.66. The van der Waals surface area contributed by atoms with Gasteiger partial charge in [0.15, 0.2) is 0 Å². The number of hydrogen-bond acceptors (Lipinski definition) is 1. The van der Waals surface area contributed by atoms with Gasteiger partial charge in [-0.05, 0) is 18.6 Å². The van der Waals surface area contributed by atoms with Gasteiger partial charge in [0.25, 0.3) is 0 Å². The number of rotatable bonds is 2. The van der Waals surface area contributed by atoms with E-state index >= 15 is 0 Å². The summed E-state index contributed by atoms with van der Waals surface area (Å²) in [5.41, 5.74) is 2.01. The predicted molar refractivity (Wildman–Crippen MR) is 58.2 cm³/mol. The van der Waals surface area contributed by atoms with E-state index in [9.17, 15) is 9.18 Å². The molecule has 0 saturated carbocycles. The number of anilines is 1. The maximum absolute atomic E-state index is 13.5. The van der Waals surface area contributed by atoms with E-state index in [2.05, 4.69) is 6.58 Å². The lowest BCUT2D eigenvalue weighted by atomic mass is 10.1. The summed E-state index contributed by atoms with van der Waals surface area (Å²) < 4.78 is 13.5. The lowest BCUT2D eigenvalue weighted by Crippen LogP contribution is -2.26. The molecule has 1 aliphatic rings. The van der Waals surface area contributed by atoms with Crippen LogP contribution in [-0.2, 0) is 11.2 Å². The molecular weight excluding hydrogens is 193 g/mol. The first kappa shape index (κ1) is 9.90. The van der Waals surface area contributed by atoms with Crippen molar-refractivity contribution in [2.75, 3.05) is 11.4 Å². The minimum atomic E-state index is -0.322. The first-order valence-electron chi connectivity index (χ1n) is 4.93. The Morgan fingerprint density at radius 2 is 2.33 bits per heavy atom. The second kappa shape index (κ2) is 3.50. The third-order valence-corrected chi connectivity index (χ3v) is 2.68. The Hall–Kier alpha value is -1.64. The van der Waals surface area contributed by atoms with Crippen LogP contribution in [0.5, 0.6) is 0 Å². The molecule has 15 heavy (non-hydrogen) atoms. The number of halogens is 1. The largest absolute Gasteiger partial charge is 0.311 e. The molecule has 2 nitrogen and oxygen atoms in total. The summed E-state index contributed by atoms with van der Waals surface area (Å²) in [5, 5.41) is 0. The summed E-state index contributed by atoms with van der Waals surface area (Å²) in [7, 11) is 0. The molecule has 0 spiro atoms. The van der Waals surface area contributed by atoms with Gasteiger partial charge in [0, 0.05) is 12.1 Å². The molecule has 1 aromatic carbocycles. The summed E-state index contributed by atoms with van der Waals surface area (Å²) >= 11 is 0. The lowest BCUT2D eigenvalue weighted by Gasteiger charge is -2.17. The first-order valence-corrected chi connectivity index (χ1v) is 4.93. The number of benzene rings is 1. The molecular formula is C12H12FNO. The first-order chi connectivity index (χ1) is 7.19. The Morgan fingerprint density at radius 1 is 1.60 bits per heavy atom. The molecule has 0 aromatic heterocycles. The standard InChI is InChI=1S/C12H12FNO/c1-3-9-10(13)6-5-8-7-11(15)14(4-2)12(8)9/h3,5-6H,1,4,7H2,2H3. The van der Waals surface area contributed by atoms with Crippen LogP contribution in [0, 0.1) is 5.82 Å². The summed E-state index contributed by atoms with van der Waals surface area (Å²) in [6, 6.07) is 3.06. The maximum atomic E-state index is 13.5. The van der Waals surface area contributed by atoms with E-state index < -0.39 is 0 Å². The van der Waals surface area contributed by atoms with Crippen molar-refractivity contribution in [2.45, 2.75) is 13.3 Å². The van der Waals surface area contributed by atoms with Crippen LogP contribution in [0.15, 0.2) is 18.7 Å². The van der Waals surface area contributed by atoms with Gasteiger partial charge in [0.1, 0.15) is 5.82 Å². The number of fused-ring (bicyclic) bond motifs is 1.